The van der Waals surface area contributed by atoms with Crippen LogP contribution < -0.4 is 5.32 Å². The molecule has 1 amide bonds. The molecule has 1 N–H and O–H groups in total. The van der Waals surface area contributed by atoms with E-state index in [0.717, 1.165) is 16.3 Å². The van der Waals surface area contributed by atoms with Gasteiger partial charge in [-0.15, -0.1) is 11.3 Å². The first kappa shape index (κ1) is 18.1. The molecule has 0 bridgehead atoms. The molecule has 142 valence electrons. The summed E-state index contributed by atoms with van der Waals surface area (Å²) in [6.07, 6.45) is 3.63. The van der Waals surface area contributed by atoms with E-state index in [0.29, 0.717) is 17.3 Å². The maximum atomic E-state index is 12.5. The minimum absolute atomic E-state index is 0.178. The van der Waals surface area contributed by atoms with Crippen molar-refractivity contribution in [1.29, 1.82) is 0 Å². The van der Waals surface area contributed by atoms with Gasteiger partial charge >= 0.3 is 0 Å². The van der Waals surface area contributed by atoms with Gasteiger partial charge < -0.3 is 9.84 Å². The minimum atomic E-state index is -0.327. The van der Waals surface area contributed by atoms with E-state index in [-0.39, 0.29) is 11.3 Å². The number of nitrogens with one attached hydrogen (secondary N) is 1. The number of thiazole rings is 1. The lowest BCUT2D eigenvalue weighted by molar-refractivity contribution is 0.102. The standard InChI is InChI=1S/C20H19N5O2S/c1-20(2,3)16-9-17(24-27-16)23-18(26)15-12-28-19(22-15)13-10-21-25(11-13)14-7-5-4-6-8-14/h4-12H,1-3H3,(H,23,24,26). The number of benzene rings is 1. The highest BCUT2D eigenvalue weighted by Gasteiger charge is 2.21. The van der Waals surface area contributed by atoms with E-state index in [2.05, 4.69) is 20.6 Å². The summed E-state index contributed by atoms with van der Waals surface area (Å²) in [6.45, 7) is 6.05. The fraction of sp³-hybridized carbons (Fsp3) is 0.200. The molecule has 3 heterocycles. The number of carbonyl (C=O) groups excluding carboxylic acids is 1. The van der Waals surface area contributed by atoms with Gasteiger partial charge in [0, 0.05) is 28.6 Å². The maximum absolute atomic E-state index is 12.5. The van der Waals surface area contributed by atoms with Gasteiger partial charge in [-0.2, -0.15) is 5.10 Å². The lowest BCUT2D eigenvalue weighted by Crippen LogP contribution is -2.13. The topological polar surface area (TPSA) is 85.8 Å². The molecule has 0 spiro atoms. The highest BCUT2D eigenvalue weighted by molar-refractivity contribution is 7.13. The molecule has 4 aromatic rings. The van der Waals surface area contributed by atoms with Crippen LogP contribution in [0.4, 0.5) is 5.82 Å². The van der Waals surface area contributed by atoms with E-state index in [9.17, 15) is 4.79 Å². The Balaban J connectivity index is 1.49. The molecule has 3 aromatic heterocycles. The van der Waals surface area contributed by atoms with Crippen molar-refractivity contribution in [3.63, 3.8) is 0 Å². The Kier molecular flexibility index (Phi) is 4.56. The van der Waals surface area contributed by atoms with Gasteiger partial charge in [0.15, 0.2) is 5.82 Å². The Morgan fingerprint density at radius 2 is 2.00 bits per heavy atom. The summed E-state index contributed by atoms with van der Waals surface area (Å²) >= 11 is 1.39. The van der Waals surface area contributed by atoms with E-state index >= 15 is 0 Å². The molecule has 28 heavy (non-hydrogen) atoms. The molecule has 0 aliphatic rings. The molecule has 0 aliphatic heterocycles. The summed E-state index contributed by atoms with van der Waals surface area (Å²) in [7, 11) is 0. The van der Waals surface area contributed by atoms with E-state index in [1.54, 1.807) is 22.3 Å². The first-order valence-electron chi connectivity index (χ1n) is 8.75. The van der Waals surface area contributed by atoms with Crippen LogP contribution in [-0.4, -0.2) is 25.8 Å². The van der Waals surface area contributed by atoms with Gasteiger partial charge in [0.2, 0.25) is 0 Å². The van der Waals surface area contributed by atoms with Gasteiger partial charge in [-0.25, -0.2) is 9.67 Å². The molecule has 0 fully saturated rings. The lowest BCUT2D eigenvalue weighted by atomic mass is 9.93. The van der Waals surface area contributed by atoms with Crippen molar-refractivity contribution in [3.8, 4) is 16.3 Å². The average molecular weight is 393 g/mol. The Morgan fingerprint density at radius 3 is 2.71 bits per heavy atom. The van der Waals surface area contributed by atoms with E-state index < -0.39 is 0 Å². The Hall–Kier alpha value is -3.26. The Morgan fingerprint density at radius 1 is 1.21 bits per heavy atom. The summed E-state index contributed by atoms with van der Waals surface area (Å²) < 4.78 is 7.07. The van der Waals surface area contributed by atoms with Gasteiger partial charge in [0.05, 0.1) is 11.9 Å². The SMILES string of the molecule is CC(C)(C)c1cc(NC(=O)c2csc(-c3cnn(-c4ccccc4)c3)n2)no1. The van der Waals surface area contributed by atoms with Gasteiger partial charge in [-0.3, -0.25) is 4.79 Å². The zero-order valence-corrected chi connectivity index (χ0v) is 16.5. The largest absolute Gasteiger partial charge is 0.359 e. The van der Waals surface area contributed by atoms with Crippen molar-refractivity contribution >= 4 is 23.1 Å². The number of hydrogen-bond acceptors (Lipinski definition) is 6. The van der Waals surface area contributed by atoms with Gasteiger partial charge in [-0.05, 0) is 12.1 Å². The van der Waals surface area contributed by atoms with Crippen molar-refractivity contribution < 1.29 is 9.32 Å². The molecule has 0 unspecified atom stereocenters. The molecule has 0 radical (unpaired) electrons. The van der Waals surface area contributed by atoms with Crippen LogP contribution in [0.5, 0.6) is 0 Å². The monoisotopic (exact) mass is 393 g/mol. The van der Waals surface area contributed by atoms with E-state index in [1.165, 1.54) is 11.3 Å². The van der Waals surface area contributed by atoms with Crippen LogP contribution in [0.1, 0.15) is 37.0 Å². The lowest BCUT2D eigenvalue weighted by Gasteiger charge is -2.11. The molecule has 8 heteroatoms. The van der Waals surface area contributed by atoms with Crippen LogP contribution in [-0.2, 0) is 5.41 Å². The zero-order chi connectivity index (χ0) is 19.7. The summed E-state index contributed by atoms with van der Waals surface area (Å²) in [4.78, 5) is 16.9. The van der Waals surface area contributed by atoms with Crippen LogP contribution in [0.3, 0.4) is 0 Å². The molecule has 0 atom stereocenters. The van der Waals surface area contributed by atoms with Gasteiger partial charge in [-0.1, -0.05) is 44.1 Å². The highest BCUT2D eigenvalue weighted by atomic mass is 32.1. The fourth-order valence-corrected chi connectivity index (χ4v) is 3.31. The predicted octanol–water partition coefficient (Wildman–Crippen LogP) is 4.53. The van der Waals surface area contributed by atoms with Crippen LogP contribution in [0.25, 0.3) is 16.3 Å². The van der Waals surface area contributed by atoms with Crippen LogP contribution in [0, 0.1) is 0 Å². The number of carbonyl (C=O) groups is 1. The highest BCUT2D eigenvalue weighted by Crippen LogP contribution is 2.26. The number of para-hydroxylation sites is 1. The number of amides is 1. The summed E-state index contributed by atoms with van der Waals surface area (Å²) in [5.41, 5.74) is 1.96. The molecular weight excluding hydrogens is 374 g/mol. The third kappa shape index (κ3) is 3.72. The first-order valence-corrected chi connectivity index (χ1v) is 9.63. The van der Waals surface area contributed by atoms with Crippen molar-refractivity contribution in [2.75, 3.05) is 5.32 Å². The van der Waals surface area contributed by atoms with Crippen molar-refractivity contribution in [2.45, 2.75) is 26.2 Å². The third-order valence-corrected chi connectivity index (χ3v) is 4.97. The quantitative estimate of drug-likeness (QED) is 0.550. The predicted molar refractivity (Wildman–Crippen MR) is 108 cm³/mol. The van der Waals surface area contributed by atoms with Crippen molar-refractivity contribution in [3.05, 3.63) is 65.6 Å². The number of rotatable bonds is 4. The van der Waals surface area contributed by atoms with E-state index in [4.69, 9.17) is 4.52 Å². The normalized spacial score (nSPS) is 11.5. The fourth-order valence-electron chi connectivity index (χ4n) is 2.53. The van der Waals surface area contributed by atoms with E-state index in [1.807, 2.05) is 57.3 Å². The average Bonchev–Trinajstić information content (AvgIpc) is 3.41. The first-order chi connectivity index (χ1) is 13.4. The van der Waals surface area contributed by atoms with Crippen LogP contribution >= 0.6 is 11.3 Å². The zero-order valence-electron chi connectivity index (χ0n) is 15.7. The molecule has 0 aliphatic carbocycles. The Labute approximate surface area is 166 Å². The third-order valence-electron chi connectivity index (χ3n) is 4.08. The molecule has 0 saturated heterocycles. The smallest absolute Gasteiger partial charge is 0.276 e. The number of nitrogens with zero attached hydrogens (tertiary/aromatic N) is 4. The number of aromatic nitrogens is 4. The molecule has 7 nitrogen and oxygen atoms in total. The van der Waals surface area contributed by atoms with Crippen LogP contribution in [0.2, 0.25) is 0 Å². The minimum Gasteiger partial charge on any atom is -0.359 e. The Bertz CT molecular complexity index is 1110. The second-order valence-corrected chi connectivity index (χ2v) is 8.19. The second kappa shape index (κ2) is 7.05. The van der Waals surface area contributed by atoms with Crippen molar-refractivity contribution in [2.24, 2.45) is 0 Å². The summed E-state index contributed by atoms with van der Waals surface area (Å²) in [5.74, 6) is 0.753. The van der Waals surface area contributed by atoms with Gasteiger partial charge in [0.1, 0.15) is 16.5 Å². The van der Waals surface area contributed by atoms with Crippen LogP contribution in [0.15, 0.2) is 58.7 Å². The summed E-state index contributed by atoms with van der Waals surface area (Å²) in [5, 5.41) is 13.4. The maximum Gasteiger partial charge on any atom is 0.276 e. The van der Waals surface area contributed by atoms with Crippen molar-refractivity contribution in [1.82, 2.24) is 19.9 Å². The number of anilines is 1. The molecule has 0 saturated carbocycles. The number of hydrogen-bond donors (Lipinski definition) is 1. The van der Waals surface area contributed by atoms with Gasteiger partial charge in [0.25, 0.3) is 5.91 Å². The molecular formula is C20H19N5O2S. The molecule has 1 aromatic carbocycles. The summed E-state index contributed by atoms with van der Waals surface area (Å²) in [6, 6.07) is 11.5. The second-order valence-electron chi connectivity index (χ2n) is 7.33. The molecule has 4 rings (SSSR count).